The van der Waals surface area contributed by atoms with Crippen LogP contribution in [0.3, 0.4) is 0 Å². The number of anilines is 1. The zero-order chi connectivity index (χ0) is 25.2. The molecule has 5 rings (SSSR count). The van der Waals surface area contributed by atoms with Gasteiger partial charge >= 0.3 is 0 Å². The smallest absolute Gasteiger partial charge is 0.234 e. The summed E-state index contributed by atoms with van der Waals surface area (Å²) in [5.41, 5.74) is 6.93. The van der Waals surface area contributed by atoms with Crippen LogP contribution in [-0.4, -0.2) is 28.7 Å². The Morgan fingerprint density at radius 3 is 2.53 bits per heavy atom. The summed E-state index contributed by atoms with van der Waals surface area (Å²) in [6.07, 6.45) is 0.649. The van der Waals surface area contributed by atoms with E-state index in [9.17, 15) is 4.79 Å². The minimum atomic E-state index is -0.0833. The average molecular weight is 498 g/mol. The van der Waals surface area contributed by atoms with Crippen LogP contribution >= 0.6 is 11.8 Å². The van der Waals surface area contributed by atoms with Crippen molar-refractivity contribution in [3.05, 3.63) is 88.5 Å². The molecular formula is C29H27N3O3S. The summed E-state index contributed by atoms with van der Waals surface area (Å²) in [6.45, 7) is 6.08. The zero-order valence-electron chi connectivity index (χ0n) is 20.7. The van der Waals surface area contributed by atoms with Crippen molar-refractivity contribution in [3.63, 3.8) is 0 Å². The molecule has 1 N–H and O–H groups in total. The molecule has 6 nitrogen and oxygen atoms in total. The van der Waals surface area contributed by atoms with Crippen LogP contribution in [0.1, 0.15) is 27.8 Å². The quantitative estimate of drug-likeness (QED) is 0.213. The Labute approximate surface area is 215 Å². The minimum absolute atomic E-state index is 0.0833. The summed E-state index contributed by atoms with van der Waals surface area (Å²) >= 11 is 1.40. The molecule has 0 unspecified atom stereocenters. The van der Waals surface area contributed by atoms with Crippen LogP contribution in [0.15, 0.2) is 65.7 Å². The summed E-state index contributed by atoms with van der Waals surface area (Å²) in [7, 11) is 1.63. The number of rotatable bonds is 6. The van der Waals surface area contributed by atoms with E-state index in [1.165, 1.54) is 11.8 Å². The summed E-state index contributed by atoms with van der Waals surface area (Å²) < 4.78 is 11.6. The molecule has 182 valence electrons. The maximum Gasteiger partial charge on any atom is 0.234 e. The van der Waals surface area contributed by atoms with Crippen LogP contribution in [-0.2, 0) is 11.2 Å². The normalized spacial score (nSPS) is 11.8. The number of carbonyl (C=O) groups excluding carboxylic acids is 1. The highest BCUT2D eigenvalue weighted by Gasteiger charge is 2.25. The summed E-state index contributed by atoms with van der Waals surface area (Å²) in [5, 5.41) is 3.78. The number of methoxy groups -OCH3 is 1. The second kappa shape index (κ2) is 10.0. The van der Waals surface area contributed by atoms with E-state index in [-0.39, 0.29) is 11.7 Å². The highest BCUT2D eigenvalue weighted by atomic mass is 32.2. The number of carbonyl (C=O) groups is 1. The first-order chi connectivity index (χ1) is 17.4. The monoisotopic (exact) mass is 497 g/mol. The molecule has 0 saturated heterocycles. The fourth-order valence-electron chi connectivity index (χ4n) is 4.16. The van der Waals surface area contributed by atoms with Gasteiger partial charge in [0.2, 0.25) is 11.8 Å². The van der Waals surface area contributed by atoms with E-state index < -0.39 is 0 Å². The molecule has 1 amide bonds. The molecule has 7 heteroatoms. The number of ether oxygens (including phenoxy) is 2. The van der Waals surface area contributed by atoms with Gasteiger partial charge in [-0.2, -0.15) is 4.98 Å². The first kappa shape index (κ1) is 23.9. The van der Waals surface area contributed by atoms with Crippen molar-refractivity contribution in [2.45, 2.75) is 32.2 Å². The van der Waals surface area contributed by atoms with Crippen molar-refractivity contribution >= 4 is 23.4 Å². The van der Waals surface area contributed by atoms with Gasteiger partial charge < -0.3 is 14.8 Å². The predicted octanol–water partition coefficient (Wildman–Crippen LogP) is 6.50. The zero-order valence-corrected chi connectivity index (χ0v) is 21.5. The molecule has 3 aromatic carbocycles. The van der Waals surface area contributed by atoms with Gasteiger partial charge in [0, 0.05) is 17.7 Å². The topological polar surface area (TPSA) is 73.3 Å². The van der Waals surface area contributed by atoms with Crippen LogP contribution in [0.5, 0.6) is 17.4 Å². The van der Waals surface area contributed by atoms with E-state index >= 15 is 0 Å². The molecule has 0 bridgehead atoms. The number of aromatic nitrogens is 2. The molecule has 0 atom stereocenters. The molecule has 1 aromatic heterocycles. The number of thioether (sulfide) groups is 1. The summed E-state index contributed by atoms with van der Waals surface area (Å²) in [4.78, 5) is 22.5. The van der Waals surface area contributed by atoms with Crippen LogP contribution in [0.2, 0.25) is 0 Å². The molecule has 4 aromatic rings. The van der Waals surface area contributed by atoms with Crippen molar-refractivity contribution in [2.24, 2.45) is 0 Å². The molecule has 0 radical (unpaired) electrons. The van der Waals surface area contributed by atoms with Crippen molar-refractivity contribution in [2.75, 3.05) is 18.2 Å². The summed E-state index contributed by atoms with van der Waals surface area (Å²) in [5.74, 6) is 2.82. The van der Waals surface area contributed by atoms with E-state index in [2.05, 4.69) is 11.4 Å². The largest absolute Gasteiger partial charge is 0.497 e. The molecule has 1 aliphatic heterocycles. The van der Waals surface area contributed by atoms with Gasteiger partial charge in [0.25, 0.3) is 0 Å². The molecule has 0 aliphatic carbocycles. The number of aryl methyl sites for hydroxylation is 2. The van der Waals surface area contributed by atoms with Gasteiger partial charge in [-0.1, -0.05) is 42.1 Å². The highest BCUT2D eigenvalue weighted by molar-refractivity contribution is 8.00. The number of amides is 1. The lowest BCUT2D eigenvalue weighted by atomic mass is 10.0. The third-order valence-corrected chi connectivity index (χ3v) is 7.38. The molecule has 36 heavy (non-hydrogen) atoms. The lowest BCUT2D eigenvalue weighted by Crippen LogP contribution is -2.16. The molecule has 0 saturated carbocycles. The summed E-state index contributed by atoms with van der Waals surface area (Å²) in [6, 6.07) is 19.6. The van der Waals surface area contributed by atoms with Crippen LogP contribution < -0.4 is 14.8 Å². The molecule has 0 fully saturated rings. The van der Waals surface area contributed by atoms with Gasteiger partial charge in [0.1, 0.15) is 16.5 Å². The number of nitrogens with one attached hydrogen (secondary N) is 1. The first-order valence-electron chi connectivity index (χ1n) is 11.7. The lowest BCUT2D eigenvalue weighted by Gasteiger charge is -2.23. The molecule has 0 spiro atoms. The fraction of sp³-hybridized carbons (Fsp3) is 0.207. The Balaban J connectivity index is 1.46. The van der Waals surface area contributed by atoms with Crippen LogP contribution in [0.25, 0.3) is 11.4 Å². The van der Waals surface area contributed by atoms with Gasteiger partial charge in [-0.3, -0.25) is 4.79 Å². The van der Waals surface area contributed by atoms with E-state index in [1.807, 2.05) is 75.4 Å². The van der Waals surface area contributed by atoms with Crippen molar-refractivity contribution in [3.8, 4) is 28.8 Å². The second-order valence-electron chi connectivity index (χ2n) is 8.79. The van der Waals surface area contributed by atoms with Crippen molar-refractivity contribution in [1.82, 2.24) is 9.97 Å². The molecule has 1 aliphatic rings. The third-order valence-electron chi connectivity index (χ3n) is 6.36. The van der Waals surface area contributed by atoms with Gasteiger partial charge in [-0.05, 0) is 73.4 Å². The SMILES string of the molecule is COc1ccc(-c2nc3c(c(SCC(=O)Nc4cccc(C)c4C)n2)Cc2cccc(C)c2O3)cc1. The minimum Gasteiger partial charge on any atom is -0.497 e. The van der Waals surface area contributed by atoms with Gasteiger partial charge in [0.15, 0.2) is 5.82 Å². The lowest BCUT2D eigenvalue weighted by molar-refractivity contribution is -0.113. The van der Waals surface area contributed by atoms with Gasteiger partial charge in [0.05, 0.1) is 18.4 Å². The van der Waals surface area contributed by atoms with Crippen LogP contribution in [0, 0.1) is 20.8 Å². The maximum absolute atomic E-state index is 12.9. The Bertz CT molecular complexity index is 1450. The van der Waals surface area contributed by atoms with E-state index in [0.717, 1.165) is 55.6 Å². The van der Waals surface area contributed by atoms with Crippen LogP contribution in [0.4, 0.5) is 5.69 Å². The second-order valence-corrected chi connectivity index (χ2v) is 9.75. The number of nitrogens with zero attached hydrogens (tertiary/aromatic N) is 2. The van der Waals surface area contributed by atoms with E-state index in [1.54, 1.807) is 7.11 Å². The van der Waals surface area contributed by atoms with E-state index in [4.69, 9.17) is 19.4 Å². The van der Waals surface area contributed by atoms with Gasteiger partial charge in [-0.25, -0.2) is 4.98 Å². The van der Waals surface area contributed by atoms with E-state index in [0.29, 0.717) is 18.1 Å². The number of hydrogen-bond donors (Lipinski definition) is 1. The maximum atomic E-state index is 12.9. The average Bonchev–Trinajstić information content (AvgIpc) is 2.89. The third kappa shape index (κ3) is 4.79. The Kier molecular flexibility index (Phi) is 6.65. The predicted molar refractivity (Wildman–Crippen MR) is 143 cm³/mol. The molecule has 2 heterocycles. The Morgan fingerprint density at radius 2 is 1.75 bits per heavy atom. The first-order valence-corrected chi connectivity index (χ1v) is 12.7. The Hall–Kier alpha value is -3.84. The number of hydrogen-bond acceptors (Lipinski definition) is 6. The van der Waals surface area contributed by atoms with Crippen molar-refractivity contribution < 1.29 is 14.3 Å². The standard InChI is InChI=1S/C29H27N3O3S/c1-17-7-6-10-24(19(17)3)30-25(33)16-36-29-23-15-21-9-5-8-18(2)26(21)35-28(23)31-27(32-29)20-11-13-22(34-4)14-12-20/h5-14H,15-16H2,1-4H3,(H,30,33). The number of benzene rings is 3. The van der Waals surface area contributed by atoms with Crippen molar-refractivity contribution in [1.29, 1.82) is 0 Å². The molecular weight excluding hydrogens is 470 g/mol. The highest BCUT2D eigenvalue weighted by Crippen LogP contribution is 2.41. The van der Waals surface area contributed by atoms with Gasteiger partial charge in [-0.15, -0.1) is 0 Å². The number of fused-ring (bicyclic) bond motifs is 2. The number of para-hydroxylation sites is 1. The fourth-order valence-corrected chi connectivity index (χ4v) is 4.99. The Morgan fingerprint density at radius 1 is 1.00 bits per heavy atom.